The molecule has 1 N–H and O–H groups in total. The SMILES string of the molecule is CC(=O)c1ccc(NC(=O)c2cnn3c(C(F)(F)F)cc(C4CC4)nc23)cc1. The van der Waals surface area contributed by atoms with Crippen LogP contribution in [0, 0.1) is 0 Å². The third kappa shape index (κ3) is 3.35. The van der Waals surface area contributed by atoms with Crippen molar-refractivity contribution in [2.45, 2.75) is 31.9 Å². The average Bonchev–Trinajstić information content (AvgIpc) is 3.39. The van der Waals surface area contributed by atoms with Gasteiger partial charge in [0.15, 0.2) is 11.4 Å². The highest BCUT2D eigenvalue weighted by Crippen LogP contribution is 2.41. The molecular weight excluding hydrogens is 373 g/mol. The number of benzene rings is 1. The second-order valence-corrected chi connectivity index (χ2v) is 6.72. The van der Waals surface area contributed by atoms with Gasteiger partial charge in [0, 0.05) is 22.9 Å². The van der Waals surface area contributed by atoms with E-state index in [0.717, 1.165) is 25.1 Å². The van der Waals surface area contributed by atoms with Crippen LogP contribution in [0.3, 0.4) is 0 Å². The number of anilines is 1. The number of hydrogen-bond donors (Lipinski definition) is 1. The van der Waals surface area contributed by atoms with Gasteiger partial charge in [0.1, 0.15) is 11.3 Å². The molecule has 2 heterocycles. The van der Waals surface area contributed by atoms with Crippen LogP contribution in [0.4, 0.5) is 18.9 Å². The molecule has 0 spiro atoms. The van der Waals surface area contributed by atoms with Crippen molar-refractivity contribution in [3.05, 3.63) is 59.0 Å². The van der Waals surface area contributed by atoms with Crippen LogP contribution in [-0.4, -0.2) is 26.3 Å². The standard InChI is InChI=1S/C19H15F3N4O2/c1-10(27)11-4-6-13(7-5-11)24-18(28)14-9-23-26-16(19(20,21)22)8-15(12-2-3-12)25-17(14)26/h4-9,12H,2-3H2,1H3,(H,24,28). The van der Waals surface area contributed by atoms with Gasteiger partial charge in [-0.25, -0.2) is 9.50 Å². The molecule has 0 radical (unpaired) electrons. The van der Waals surface area contributed by atoms with Gasteiger partial charge < -0.3 is 5.32 Å². The van der Waals surface area contributed by atoms with Crippen LogP contribution >= 0.6 is 0 Å². The Labute approximate surface area is 157 Å². The summed E-state index contributed by atoms with van der Waals surface area (Å²) in [5, 5.41) is 6.33. The number of aromatic nitrogens is 3. The van der Waals surface area contributed by atoms with E-state index in [2.05, 4.69) is 15.4 Å². The smallest absolute Gasteiger partial charge is 0.322 e. The Morgan fingerprint density at radius 1 is 1.18 bits per heavy atom. The minimum atomic E-state index is -4.62. The number of hydrogen-bond acceptors (Lipinski definition) is 4. The third-order valence-electron chi connectivity index (χ3n) is 4.57. The quantitative estimate of drug-likeness (QED) is 0.684. The van der Waals surface area contributed by atoms with E-state index in [1.165, 1.54) is 6.92 Å². The zero-order valence-electron chi connectivity index (χ0n) is 14.7. The summed E-state index contributed by atoms with van der Waals surface area (Å²) in [7, 11) is 0. The van der Waals surface area contributed by atoms with Crippen molar-refractivity contribution in [1.82, 2.24) is 14.6 Å². The summed E-state index contributed by atoms with van der Waals surface area (Å²) in [5.41, 5.74) is 0.0750. The number of alkyl halides is 3. The van der Waals surface area contributed by atoms with Crippen molar-refractivity contribution in [3.63, 3.8) is 0 Å². The maximum absolute atomic E-state index is 13.4. The lowest BCUT2D eigenvalue weighted by molar-refractivity contribution is -0.142. The summed E-state index contributed by atoms with van der Waals surface area (Å²) in [6.07, 6.45) is -1.99. The molecule has 0 atom stereocenters. The first kappa shape index (κ1) is 18.1. The minimum Gasteiger partial charge on any atom is -0.322 e. The Bertz CT molecular complexity index is 1080. The Hall–Kier alpha value is -3.23. The topological polar surface area (TPSA) is 76.4 Å². The summed E-state index contributed by atoms with van der Waals surface area (Å²) in [5.74, 6) is -0.757. The van der Waals surface area contributed by atoms with Gasteiger partial charge in [0.2, 0.25) is 0 Å². The number of Topliss-reactive ketones (excluding diaryl/α,β-unsaturated/α-hetero) is 1. The molecular formula is C19H15F3N4O2. The van der Waals surface area contributed by atoms with Gasteiger partial charge in [-0.05, 0) is 50.1 Å². The van der Waals surface area contributed by atoms with Crippen LogP contribution in [0.1, 0.15) is 57.8 Å². The molecule has 0 aliphatic heterocycles. The molecule has 0 unspecified atom stereocenters. The highest BCUT2D eigenvalue weighted by Gasteiger charge is 2.37. The van der Waals surface area contributed by atoms with E-state index >= 15 is 0 Å². The maximum atomic E-state index is 13.4. The molecule has 3 aromatic rings. The molecule has 0 bridgehead atoms. The normalized spacial score (nSPS) is 14.3. The van der Waals surface area contributed by atoms with Gasteiger partial charge in [-0.1, -0.05) is 0 Å². The number of amides is 1. The number of rotatable bonds is 4. The van der Waals surface area contributed by atoms with E-state index in [1.807, 2.05) is 0 Å². The van der Waals surface area contributed by atoms with E-state index in [0.29, 0.717) is 21.5 Å². The van der Waals surface area contributed by atoms with Gasteiger partial charge in [-0.15, -0.1) is 0 Å². The van der Waals surface area contributed by atoms with E-state index in [9.17, 15) is 22.8 Å². The molecule has 6 nitrogen and oxygen atoms in total. The van der Waals surface area contributed by atoms with Gasteiger partial charge in [0.25, 0.3) is 5.91 Å². The molecule has 1 aromatic carbocycles. The lowest BCUT2D eigenvalue weighted by Gasteiger charge is -2.11. The lowest BCUT2D eigenvalue weighted by atomic mass is 10.1. The second kappa shape index (κ2) is 6.43. The number of fused-ring (bicyclic) bond motifs is 1. The molecule has 4 rings (SSSR count). The lowest BCUT2D eigenvalue weighted by Crippen LogP contribution is -2.16. The highest BCUT2D eigenvalue weighted by molar-refractivity contribution is 6.08. The van der Waals surface area contributed by atoms with E-state index in [4.69, 9.17) is 0 Å². The summed E-state index contributed by atoms with van der Waals surface area (Å²) < 4.78 is 40.9. The fourth-order valence-electron chi connectivity index (χ4n) is 2.92. The van der Waals surface area contributed by atoms with Gasteiger partial charge in [0.05, 0.1) is 6.20 Å². The Balaban J connectivity index is 1.71. The van der Waals surface area contributed by atoms with Gasteiger partial charge in [-0.2, -0.15) is 18.3 Å². The van der Waals surface area contributed by atoms with Crippen LogP contribution in [0.25, 0.3) is 5.65 Å². The first-order chi connectivity index (χ1) is 13.2. The van der Waals surface area contributed by atoms with Crippen molar-refractivity contribution in [3.8, 4) is 0 Å². The molecule has 0 saturated heterocycles. The van der Waals surface area contributed by atoms with E-state index in [1.54, 1.807) is 24.3 Å². The molecule has 9 heteroatoms. The van der Waals surface area contributed by atoms with Crippen LogP contribution < -0.4 is 5.32 Å². The van der Waals surface area contributed by atoms with E-state index in [-0.39, 0.29) is 22.9 Å². The van der Waals surface area contributed by atoms with Crippen molar-refractivity contribution < 1.29 is 22.8 Å². The summed E-state index contributed by atoms with van der Waals surface area (Å²) in [6.45, 7) is 1.42. The van der Waals surface area contributed by atoms with Crippen molar-refractivity contribution in [2.24, 2.45) is 0 Å². The second-order valence-electron chi connectivity index (χ2n) is 6.72. The largest absolute Gasteiger partial charge is 0.433 e. The fourth-order valence-corrected chi connectivity index (χ4v) is 2.92. The van der Waals surface area contributed by atoms with Crippen molar-refractivity contribution in [1.29, 1.82) is 0 Å². The predicted molar refractivity (Wildman–Crippen MR) is 94.4 cm³/mol. The fraction of sp³-hybridized carbons (Fsp3) is 0.263. The maximum Gasteiger partial charge on any atom is 0.433 e. The molecule has 1 amide bonds. The Morgan fingerprint density at radius 3 is 2.43 bits per heavy atom. The molecule has 1 aliphatic carbocycles. The molecule has 144 valence electrons. The average molecular weight is 388 g/mol. The summed E-state index contributed by atoms with van der Waals surface area (Å²) in [4.78, 5) is 28.2. The summed E-state index contributed by atoms with van der Waals surface area (Å²) >= 11 is 0. The highest BCUT2D eigenvalue weighted by atomic mass is 19.4. The zero-order valence-corrected chi connectivity index (χ0v) is 14.7. The molecule has 1 saturated carbocycles. The third-order valence-corrected chi connectivity index (χ3v) is 4.57. The molecule has 28 heavy (non-hydrogen) atoms. The van der Waals surface area contributed by atoms with Crippen molar-refractivity contribution >= 4 is 23.0 Å². The number of carbonyl (C=O) groups is 2. The molecule has 1 fully saturated rings. The summed E-state index contributed by atoms with van der Waals surface area (Å²) in [6, 6.07) is 7.20. The first-order valence-corrected chi connectivity index (χ1v) is 8.62. The van der Waals surface area contributed by atoms with Gasteiger partial charge in [-0.3, -0.25) is 9.59 Å². The van der Waals surface area contributed by atoms with Gasteiger partial charge >= 0.3 is 6.18 Å². The van der Waals surface area contributed by atoms with Crippen LogP contribution in [0.15, 0.2) is 36.5 Å². The van der Waals surface area contributed by atoms with Crippen LogP contribution in [0.2, 0.25) is 0 Å². The van der Waals surface area contributed by atoms with Crippen LogP contribution in [-0.2, 0) is 6.18 Å². The van der Waals surface area contributed by atoms with E-state index < -0.39 is 17.8 Å². The minimum absolute atomic E-state index is 0.0176. The first-order valence-electron chi connectivity index (χ1n) is 8.62. The molecule has 1 aliphatic rings. The predicted octanol–water partition coefficient (Wildman–Crippen LogP) is 4.08. The van der Waals surface area contributed by atoms with Crippen LogP contribution in [0.5, 0.6) is 0 Å². The number of halogens is 3. The Kier molecular flexibility index (Phi) is 4.17. The monoisotopic (exact) mass is 388 g/mol. The van der Waals surface area contributed by atoms with Crippen molar-refractivity contribution in [2.75, 3.05) is 5.32 Å². The number of carbonyl (C=O) groups excluding carboxylic acids is 2. The number of nitrogens with one attached hydrogen (secondary N) is 1. The number of nitrogens with zero attached hydrogens (tertiary/aromatic N) is 3. The zero-order chi connectivity index (χ0) is 20.1. The Morgan fingerprint density at radius 2 is 1.86 bits per heavy atom. The number of ketones is 1. The molecule has 2 aromatic heterocycles.